The summed E-state index contributed by atoms with van der Waals surface area (Å²) in [5.41, 5.74) is 5.83. The van der Waals surface area contributed by atoms with Gasteiger partial charge in [-0.25, -0.2) is 14.8 Å². The summed E-state index contributed by atoms with van der Waals surface area (Å²) in [5, 5.41) is 2.89. The number of hydrogen-bond acceptors (Lipinski definition) is 5. The number of aromatic amines is 1. The largest absolute Gasteiger partial charge is 0.485 e. The number of ether oxygens (including phenoxy) is 2. The molecule has 1 N–H and O–H groups in total. The molecule has 0 spiro atoms. The van der Waals surface area contributed by atoms with Crippen molar-refractivity contribution in [2.24, 2.45) is 0 Å². The third kappa shape index (κ3) is 4.19. The molecule has 0 fully saturated rings. The highest BCUT2D eigenvalue weighted by atomic mass is 79.9. The number of H-pyrrole nitrogens is 1. The predicted molar refractivity (Wildman–Crippen MR) is 154 cm³/mol. The Morgan fingerprint density at radius 2 is 1.71 bits per heavy atom. The van der Waals surface area contributed by atoms with Crippen LogP contribution in [-0.2, 0) is 11.3 Å². The van der Waals surface area contributed by atoms with Crippen molar-refractivity contribution in [3.63, 3.8) is 0 Å². The number of aryl methyl sites for hydroxylation is 1. The normalized spacial score (nSPS) is 11.3. The van der Waals surface area contributed by atoms with Crippen molar-refractivity contribution in [1.82, 2.24) is 15.0 Å². The van der Waals surface area contributed by atoms with E-state index in [2.05, 4.69) is 20.9 Å². The Bertz CT molecular complexity index is 1830. The van der Waals surface area contributed by atoms with Crippen LogP contribution in [0.5, 0.6) is 5.75 Å². The number of aromatic nitrogens is 3. The number of rotatable bonds is 6. The van der Waals surface area contributed by atoms with Gasteiger partial charge in [-0.3, -0.25) is 0 Å². The summed E-state index contributed by atoms with van der Waals surface area (Å²) in [6.07, 6.45) is 0. The minimum absolute atomic E-state index is 0.269. The summed E-state index contributed by atoms with van der Waals surface area (Å²) in [7, 11) is 0. The van der Waals surface area contributed by atoms with Gasteiger partial charge in [0.2, 0.25) is 0 Å². The van der Waals surface area contributed by atoms with Crippen molar-refractivity contribution in [3.05, 3.63) is 100 Å². The van der Waals surface area contributed by atoms with E-state index < -0.39 is 5.97 Å². The van der Waals surface area contributed by atoms with E-state index in [0.29, 0.717) is 29.3 Å². The van der Waals surface area contributed by atoms with E-state index in [1.165, 1.54) is 0 Å². The van der Waals surface area contributed by atoms with Gasteiger partial charge in [-0.2, -0.15) is 0 Å². The molecule has 6 aromatic rings. The van der Waals surface area contributed by atoms with Gasteiger partial charge in [0, 0.05) is 21.7 Å². The molecule has 6 rings (SSSR count). The van der Waals surface area contributed by atoms with Gasteiger partial charge in [-0.1, -0.05) is 60.7 Å². The van der Waals surface area contributed by atoms with Crippen molar-refractivity contribution in [1.29, 1.82) is 0 Å². The fraction of sp³-hybridized carbons (Fsp3) is 0.129. The molecular weight excluding hydrogens is 542 g/mol. The summed E-state index contributed by atoms with van der Waals surface area (Å²) >= 11 is 3.64. The molecule has 0 radical (unpaired) electrons. The van der Waals surface area contributed by atoms with Crippen LogP contribution in [0, 0.1) is 6.92 Å². The van der Waals surface area contributed by atoms with Crippen LogP contribution in [0.4, 0.5) is 0 Å². The zero-order chi connectivity index (χ0) is 26.2. The van der Waals surface area contributed by atoms with Crippen LogP contribution in [0.25, 0.3) is 44.1 Å². The number of halogens is 1. The molecule has 0 atom stereocenters. The molecule has 0 amide bonds. The average Bonchev–Trinajstić information content (AvgIpc) is 3.33. The predicted octanol–water partition coefficient (Wildman–Crippen LogP) is 7.76. The summed E-state index contributed by atoms with van der Waals surface area (Å²) in [4.78, 5) is 26.3. The van der Waals surface area contributed by atoms with Gasteiger partial charge in [0.1, 0.15) is 17.8 Å². The maximum Gasteiger partial charge on any atom is 0.357 e. The van der Waals surface area contributed by atoms with Crippen LogP contribution in [-0.4, -0.2) is 27.5 Å². The van der Waals surface area contributed by atoms with Gasteiger partial charge >= 0.3 is 5.97 Å². The lowest BCUT2D eigenvalue weighted by Crippen LogP contribution is -2.10. The lowest BCUT2D eigenvalue weighted by Gasteiger charge is -2.13. The molecule has 7 heteroatoms. The van der Waals surface area contributed by atoms with Gasteiger partial charge in [-0.15, -0.1) is 0 Å². The Morgan fingerprint density at radius 1 is 0.947 bits per heavy atom. The molecule has 6 nitrogen and oxygen atoms in total. The highest BCUT2D eigenvalue weighted by molar-refractivity contribution is 9.10. The SMILES string of the molecule is CCOC(=O)c1nc(-c2ccc3ccc(Br)c(OCc4ccccc4)c3n2)c2[nH]c3ccccc3c2c1C. The van der Waals surface area contributed by atoms with Gasteiger partial charge < -0.3 is 14.5 Å². The first-order valence-electron chi connectivity index (χ1n) is 12.4. The number of hydrogen-bond donors (Lipinski definition) is 1. The minimum atomic E-state index is -0.450. The maximum absolute atomic E-state index is 12.9. The van der Waals surface area contributed by atoms with E-state index in [1.807, 2.05) is 85.8 Å². The smallest absolute Gasteiger partial charge is 0.357 e. The van der Waals surface area contributed by atoms with Crippen molar-refractivity contribution in [2.75, 3.05) is 6.61 Å². The van der Waals surface area contributed by atoms with E-state index in [4.69, 9.17) is 19.4 Å². The number of carbonyl (C=O) groups excluding carboxylic acids is 1. The second-order valence-corrected chi connectivity index (χ2v) is 9.85. The number of pyridine rings is 2. The van der Waals surface area contributed by atoms with E-state index >= 15 is 0 Å². The van der Waals surface area contributed by atoms with Crippen LogP contribution in [0.3, 0.4) is 0 Å². The lowest BCUT2D eigenvalue weighted by atomic mass is 10.0. The quantitative estimate of drug-likeness (QED) is 0.209. The minimum Gasteiger partial charge on any atom is -0.485 e. The number of nitrogens with one attached hydrogen (secondary N) is 1. The topological polar surface area (TPSA) is 77.1 Å². The van der Waals surface area contributed by atoms with Gasteiger partial charge in [0.25, 0.3) is 0 Å². The fourth-order valence-electron chi connectivity index (χ4n) is 4.80. The monoisotopic (exact) mass is 565 g/mol. The molecule has 0 unspecified atom stereocenters. The van der Waals surface area contributed by atoms with Gasteiger partial charge in [0.15, 0.2) is 11.4 Å². The van der Waals surface area contributed by atoms with Crippen molar-refractivity contribution < 1.29 is 14.3 Å². The first-order chi connectivity index (χ1) is 18.5. The fourth-order valence-corrected chi connectivity index (χ4v) is 5.23. The van der Waals surface area contributed by atoms with Crippen LogP contribution >= 0.6 is 15.9 Å². The van der Waals surface area contributed by atoms with Gasteiger partial charge in [0.05, 0.1) is 22.3 Å². The van der Waals surface area contributed by atoms with Crippen LogP contribution in [0.2, 0.25) is 0 Å². The molecule has 0 aliphatic rings. The van der Waals surface area contributed by atoms with E-state index in [-0.39, 0.29) is 12.3 Å². The molecule has 3 heterocycles. The number of fused-ring (bicyclic) bond motifs is 4. The molecule has 38 heavy (non-hydrogen) atoms. The number of carbonyl (C=O) groups is 1. The van der Waals surface area contributed by atoms with Crippen molar-refractivity contribution >= 4 is 54.6 Å². The Balaban J connectivity index is 1.56. The van der Waals surface area contributed by atoms with E-state index in [0.717, 1.165) is 42.8 Å². The van der Waals surface area contributed by atoms with Crippen LogP contribution in [0.15, 0.2) is 83.3 Å². The Hall–Kier alpha value is -4.23. The summed E-state index contributed by atoms with van der Waals surface area (Å²) in [6, 6.07) is 25.9. The Labute approximate surface area is 227 Å². The van der Waals surface area contributed by atoms with E-state index in [9.17, 15) is 4.79 Å². The molecule has 0 saturated heterocycles. The Kier molecular flexibility index (Phi) is 6.29. The summed E-state index contributed by atoms with van der Waals surface area (Å²) in [6.45, 7) is 4.38. The van der Waals surface area contributed by atoms with E-state index in [1.54, 1.807) is 6.92 Å². The number of para-hydroxylation sites is 1. The van der Waals surface area contributed by atoms with Crippen molar-refractivity contribution in [3.8, 4) is 17.1 Å². The molecule has 0 aliphatic carbocycles. The second-order valence-electron chi connectivity index (χ2n) is 8.99. The zero-order valence-corrected chi connectivity index (χ0v) is 22.5. The first kappa shape index (κ1) is 24.1. The summed E-state index contributed by atoms with van der Waals surface area (Å²) in [5.74, 6) is 0.202. The standard InChI is InChI=1S/C31H24BrN3O3/c1-3-37-31(36)26-18(2)25-21-11-7-8-12-23(21)33-29(25)28(35-26)24-16-14-20-13-15-22(32)30(27(20)34-24)38-17-19-9-5-4-6-10-19/h4-16,33H,3,17H2,1-2H3. The van der Waals surface area contributed by atoms with Crippen LogP contribution in [0.1, 0.15) is 28.5 Å². The first-order valence-corrected chi connectivity index (χ1v) is 13.2. The molecule has 188 valence electrons. The highest BCUT2D eigenvalue weighted by Crippen LogP contribution is 2.38. The molecule has 0 bridgehead atoms. The van der Waals surface area contributed by atoms with Crippen molar-refractivity contribution in [2.45, 2.75) is 20.5 Å². The second kappa shape index (κ2) is 9.91. The molecule has 3 aromatic carbocycles. The molecule has 3 aromatic heterocycles. The third-order valence-electron chi connectivity index (χ3n) is 6.60. The molecule has 0 aliphatic heterocycles. The van der Waals surface area contributed by atoms with Gasteiger partial charge in [-0.05, 0) is 59.1 Å². The molecule has 0 saturated carbocycles. The molecular formula is C31H24BrN3O3. The highest BCUT2D eigenvalue weighted by Gasteiger charge is 2.23. The average molecular weight is 566 g/mol. The Morgan fingerprint density at radius 3 is 2.53 bits per heavy atom. The lowest BCUT2D eigenvalue weighted by molar-refractivity contribution is 0.0519. The number of nitrogens with zero attached hydrogens (tertiary/aromatic N) is 2. The maximum atomic E-state index is 12.9. The third-order valence-corrected chi connectivity index (χ3v) is 7.23. The number of benzene rings is 3. The van der Waals surface area contributed by atoms with Crippen LogP contribution < -0.4 is 4.74 Å². The number of esters is 1. The zero-order valence-electron chi connectivity index (χ0n) is 20.9. The summed E-state index contributed by atoms with van der Waals surface area (Å²) < 4.78 is 12.4.